The van der Waals surface area contributed by atoms with E-state index < -0.39 is 0 Å². The van der Waals surface area contributed by atoms with Gasteiger partial charge in [0.25, 0.3) is 0 Å². The van der Waals surface area contributed by atoms with Crippen molar-refractivity contribution in [3.8, 4) is 0 Å². The van der Waals surface area contributed by atoms with E-state index in [1.165, 1.54) is 0 Å². The Morgan fingerprint density at radius 3 is 2.40 bits per heavy atom. The Bertz CT molecular complexity index is 433. The molecule has 1 aromatic carbocycles. The number of aliphatic hydroxyl groups excluding tert-OH is 1. The van der Waals surface area contributed by atoms with Gasteiger partial charge in [-0.15, -0.1) is 0 Å². The summed E-state index contributed by atoms with van der Waals surface area (Å²) < 4.78 is 1.87. The minimum Gasteiger partial charge on any atom is -0.392 e. The zero-order valence-electron chi connectivity index (χ0n) is 8.30. The number of anilines is 1. The summed E-state index contributed by atoms with van der Waals surface area (Å²) in [6, 6.07) is 7.76. The van der Waals surface area contributed by atoms with Gasteiger partial charge in [0.15, 0.2) is 5.95 Å². The van der Waals surface area contributed by atoms with Crippen LogP contribution in [0.1, 0.15) is 11.1 Å². The molecular formula is C11H13N3O. The van der Waals surface area contributed by atoms with Crippen LogP contribution in [-0.4, -0.2) is 14.7 Å². The van der Waals surface area contributed by atoms with Crippen LogP contribution in [0.4, 0.5) is 5.95 Å². The number of hydrogen-bond acceptors (Lipinski definition) is 3. The smallest absolute Gasteiger partial charge is 0.200 e. The van der Waals surface area contributed by atoms with Crippen molar-refractivity contribution in [1.29, 1.82) is 0 Å². The number of benzene rings is 1. The highest BCUT2D eigenvalue weighted by atomic mass is 16.3. The second-order valence-corrected chi connectivity index (χ2v) is 3.39. The molecule has 1 aromatic heterocycles. The predicted octanol–water partition coefficient (Wildman–Crippen LogP) is 1.01. The van der Waals surface area contributed by atoms with Gasteiger partial charge >= 0.3 is 0 Å². The molecule has 4 nitrogen and oxygen atoms in total. The first-order valence-corrected chi connectivity index (χ1v) is 4.75. The van der Waals surface area contributed by atoms with E-state index in [1.54, 1.807) is 6.20 Å². The molecule has 2 rings (SSSR count). The summed E-state index contributed by atoms with van der Waals surface area (Å²) >= 11 is 0. The van der Waals surface area contributed by atoms with Crippen molar-refractivity contribution in [3.63, 3.8) is 0 Å². The Morgan fingerprint density at radius 1 is 1.20 bits per heavy atom. The molecule has 0 atom stereocenters. The van der Waals surface area contributed by atoms with Gasteiger partial charge in [-0.1, -0.05) is 24.3 Å². The molecule has 0 bridgehead atoms. The molecule has 0 aliphatic carbocycles. The highest BCUT2D eigenvalue weighted by Crippen LogP contribution is 2.08. The number of imidazole rings is 1. The second-order valence-electron chi connectivity index (χ2n) is 3.39. The number of nitrogens with two attached hydrogens (primary N) is 1. The molecule has 4 heteroatoms. The standard InChI is InChI=1S/C11H13N3O/c12-11-13-5-6-14(11)7-9-1-3-10(8-15)4-2-9/h1-6,15H,7-8H2,(H2,12,13). The van der Waals surface area contributed by atoms with Crippen LogP contribution in [0.15, 0.2) is 36.7 Å². The van der Waals surface area contributed by atoms with E-state index in [-0.39, 0.29) is 6.61 Å². The molecule has 0 saturated carbocycles. The molecule has 0 aliphatic rings. The van der Waals surface area contributed by atoms with Crippen molar-refractivity contribution in [1.82, 2.24) is 9.55 Å². The van der Waals surface area contributed by atoms with Crippen LogP contribution < -0.4 is 5.73 Å². The average Bonchev–Trinajstić information content (AvgIpc) is 2.66. The SMILES string of the molecule is Nc1nccn1Cc1ccc(CO)cc1. The fourth-order valence-electron chi connectivity index (χ4n) is 1.42. The third-order valence-corrected chi connectivity index (χ3v) is 2.31. The lowest BCUT2D eigenvalue weighted by atomic mass is 10.1. The lowest BCUT2D eigenvalue weighted by molar-refractivity contribution is 0.282. The number of aliphatic hydroxyl groups is 1. The first kappa shape index (κ1) is 9.73. The fourth-order valence-corrected chi connectivity index (χ4v) is 1.42. The highest BCUT2D eigenvalue weighted by molar-refractivity contribution is 5.25. The van der Waals surface area contributed by atoms with Gasteiger partial charge in [0.05, 0.1) is 13.2 Å². The molecule has 0 aliphatic heterocycles. The Hall–Kier alpha value is -1.81. The topological polar surface area (TPSA) is 64.1 Å². The zero-order valence-corrected chi connectivity index (χ0v) is 8.30. The lowest BCUT2D eigenvalue weighted by Gasteiger charge is -2.05. The lowest BCUT2D eigenvalue weighted by Crippen LogP contribution is -2.03. The number of aromatic nitrogens is 2. The molecule has 78 valence electrons. The molecular weight excluding hydrogens is 190 g/mol. The van der Waals surface area contributed by atoms with Crippen molar-refractivity contribution >= 4 is 5.95 Å². The molecule has 0 fully saturated rings. The highest BCUT2D eigenvalue weighted by Gasteiger charge is 1.99. The summed E-state index contributed by atoms with van der Waals surface area (Å²) in [6.45, 7) is 0.783. The predicted molar refractivity (Wildman–Crippen MR) is 58.1 cm³/mol. The Balaban J connectivity index is 2.14. The molecule has 0 radical (unpaired) electrons. The summed E-state index contributed by atoms with van der Waals surface area (Å²) in [6.07, 6.45) is 3.52. The minimum atomic E-state index is 0.0769. The first-order chi connectivity index (χ1) is 7.29. The van der Waals surface area contributed by atoms with Gasteiger partial charge in [-0.05, 0) is 11.1 Å². The van der Waals surface area contributed by atoms with E-state index in [4.69, 9.17) is 10.8 Å². The maximum absolute atomic E-state index is 8.89. The van der Waals surface area contributed by atoms with Crippen molar-refractivity contribution in [3.05, 3.63) is 47.8 Å². The molecule has 0 saturated heterocycles. The molecule has 0 unspecified atom stereocenters. The summed E-state index contributed by atoms with van der Waals surface area (Å²) in [4.78, 5) is 3.95. The van der Waals surface area contributed by atoms with Crippen LogP contribution in [0.2, 0.25) is 0 Å². The molecule has 15 heavy (non-hydrogen) atoms. The van der Waals surface area contributed by atoms with E-state index >= 15 is 0 Å². The third kappa shape index (κ3) is 2.16. The van der Waals surface area contributed by atoms with Crippen molar-refractivity contribution < 1.29 is 5.11 Å². The van der Waals surface area contributed by atoms with Crippen LogP contribution in [0.25, 0.3) is 0 Å². The molecule has 0 amide bonds. The average molecular weight is 203 g/mol. The Morgan fingerprint density at radius 2 is 1.87 bits per heavy atom. The molecule has 1 heterocycles. The van der Waals surface area contributed by atoms with E-state index in [0.717, 1.165) is 11.1 Å². The van der Waals surface area contributed by atoms with Crippen LogP contribution >= 0.6 is 0 Å². The maximum atomic E-state index is 8.89. The second kappa shape index (κ2) is 4.14. The van der Waals surface area contributed by atoms with Gasteiger partial charge in [0, 0.05) is 12.4 Å². The Kier molecular flexibility index (Phi) is 2.69. The van der Waals surface area contributed by atoms with Crippen molar-refractivity contribution in [2.75, 3.05) is 5.73 Å². The summed E-state index contributed by atoms with van der Waals surface area (Å²) in [5.74, 6) is 0.515. The van der Waals surface area contributed by atoms with Crippen LogP contribution in [0.5, 0.6) is 0 Å². The summed E-state index contributed by atoms with van der Waals surface area (Å²) in [7, 11) is 0. The maximum Gasteiger partial charge on any atom is 0.200 e. The van der Waals surface area contributed by atoms with Crippen LogP contribution in [0, 0.1) is 0 Å². The van der Waals surface area contributed by atoms with E-state index in [9.17, 15) is 0 Å². The van der Waals surface area contributed by atoms with Crippen LogP contribution in [0.3, 0.4) is 0 Å². The van der Waals surface area contributed by atoms with Crippen molar-refractivity contribution in [2.45, 2.75) is 13.2 Å². The number of hydrogen-bond donors (Lipinski definition) is 2. The number of nitrogens with zero attached hydrogens (tertiary/aromatic N) is 2. The zero-order chi connectivity index (χ0) is 10.7. The monoisotopic (exact) mass is 203 g/mol. The Labute approximate surface area is 88.0 Å². The number of rotatable bonds is 3. The van der Waals surface area contributed by atoms with E-state index in [2.05, 4.69) is 4.98 Å². The van der Waals surface area contributed by atoms with Gasteiger partial charge in [-0.25, -0.2) is 4.98 Å². The van der Waals surface area contributed by atoms with Gasteiger partial charge in [-0.3, -0.25) is 0 Å². The largest absolute Gasteiger partial charge is 0.392 e. The molecule has 3 N–H and O–H groups in total. The summed E-state index contributed by atoms with van der Waals surface area (Å²) in [5.41, 5.74) is 7.71. The fraction of sp³-hybridized carbons (Fsp3) is 0.182. The summed E-state index contributed by atoms with van der Waals surface area (Å²) in [5, 5.41) is 8.89. The quantitative estimate of drug-likeness (QED) is 0.782. The first-order valence-electron chi connectivity index (χ1n) is 4.75. The van der Waals surface area contributed by atoms with Crippen LogP contribution in [-0.2, 0) is 13.2 Å². The minimum absolute atomic E-state index is 0.0769. The normalized spacial score (nSPS) is 10.5. The van der Waals surface area contributed by atoms with E-state index in [1.807, 2.05) is 35.0 Å². The van der Waals surface area contributed by atoms with Gasteiger partial charge in [0.1, 0.15) is 0 Å². The number of nitrogen functional groups attached to an aromatic ring is 1. The van der Waals surface area contributed by atoms with Gasteiger partial charge < -0.3 is 15.4 Å². The molecule has 0 spiro atoms. The van der Waals surface area contributed by atoms with Gasteiger partial charge in [0.2, 0.25) is 0 Å². The van der Waals surface area contributed by atoms with Crippen molar-refractivity contribution in [2.24, 2.45) is 0 Å². The van der Waals surface area contributed by atoms with E-state index in [0.29, 0.717) is 12.5 Å². The third-order valence-electron chi connectivity index (χ3n) is 2.31. The van der Waals surface area contributed by atoms with Gasteiger partial charge in [-0.2, -0.15) is 0 Å². The molecule has 2 aromatic rings.